The molecule has 0 aliphatic heterocycles. The van der Waals surface area contributed by atoms with Gasteiger partial charge in [0.15, 0.2) is 0 Å². The lowest BCUT2D eigenvalue weighted by Crippen LogP contribution is -1.99. The van der Waals surface area contributed by atoms with Gasteiger partial charge >= 0.3 is 5.97 Å². The van der Waals surface area contributed by atoms with E-state index in [0.29, 0.717) is 5.01 Å². The maximum absolute atomic E-state index is 11.2. The molecule has 4 nitrogen and oxygen atoms in total. The van der Waals surface area contributed by atoms with Crippen molar-refractivity contribution in [1.29, 1.82) is 0 Å². The molecule has 6 heteroatoms. The van der Waals surface area contributed by atoms with Crippen molar-refractivity contribution in [3.05, 3.63) is 44.9 Å². The van der Waals surface area contributed by atoms with Crippen LogP contribution in [0, 0.1) is 0 Å². The van der Waals surface area contributed by atoms with Gasteiger partial charge in [-0.15, -0.1) is 10.2 Å². The van der Waals surface area contributed by atoms with Crippen LogP contribution in [0.1, 0.15) is 20.4 Å². The van der Waals surface area contributed by atoms with Crippen molar-refractivity contribution in [2.75, 3.05) is 7.11 Å². The van der Waals surface area contributed by atoms with Crippen molar-refractivity contribution in [3.8, 4) is 0 Å². The first-order valence-corrected chi connectivity index (χ1v) is 6.53. The third-order valence-corrected chi connectivity index (χ3v) is 3.58. The van der Waals surface area contributed by atoms with Gasteiger partial charge in [-0.05, 0) is 24.1 Å². The fraction of sp³-hybridized carbons (Fsp3) is 0.250. The molecule has 0 amide bonds. The number of nitrogens with zero attached hydrogens (tertiary/aromatic N) is 2. The highest BCUT2D eigenvalue weighted by Gasteiger charge is 2.12. The molecule has 1 aromatic carbocycles. The molecule has 0 radical (unpaired) electrons. The first-order valence-electron chi connectivity index (χ1n) is 5.34. The van der Waals surface area contributed by atoms with Crippen molar-refractivity contribution >= 4 is 28.9 Å². The summed E-state index contributed by atoms with van der Waals surface area (Å²) in [4.78, 5) is 11.2. The molecule has 0 atom stereocenters. The summed E-state index contributed by atoms with van der Waals surface area (Å²) in [5, 5.41) is 9.59. The number of rotatable bonds is 4. The van der Waals surface area contributed by atoms with Gasteiger partial charge in [0.05, 0.1) is 7.11 Å². The molecule has 18 heavy (non-hydrogen) atoms. The number of carbonyl (C=O) groups is 1. The zero-order chi connectivity index (χ0) is 13.0. The average Bonchev–Trinajstić information content (AvgIpc) is 2.86. The van der Waals surface area contributed by atoms with E-state index in [9.17, 15) is 4.79 Å². The van der Waals surface area contributed by atoms with Crippen LogP contribution < -0.4 is 0 Å². The van der Waals surface area contributed by atoms with Gasteiger partial charge in [-0.2, -0.15) is 0 Å². The van der Waals surface area contributed by atoms with E-state index in [1.165, 1.54) is 24.0 Å². The van der Waals surface area contributed by atoms with Gasteiger partial charge in [-0.1, -0.05) is 35.1 Å². The molecule has 0 aliphatic rings. The molecule has 2 rings (SSSR count). The number of methoxy groups -OCH3 is 1. The standard InChI is InChI=1S/C12H11ClN2O2S/c1-17-12(16)11-15-14-10(18-11)7-4-8-2-5-9(13)6-3-8/h2-3,5-6H,4,7H2,1H3. The Balaban J connectivity index is 1.96. The van der Waals surface area contributed by atoms with Crippen LogP contribution in [-0.4, -0.2) is 23.3 Å². The maximum atomic E-state index is 11.2. The maximum Gasteiger partial charge on any atom is 0.369 e. The van der Waals surface area contributed by atoms with E-state index in [2.05, 4.69) is 14.9 Å². The molecular weight excluding hydrogens is 272 g/mol. The molecule has 94 valence electrons. The van der Waals surface area contributed by atoms with Gasteiger partial charge in [-0.3, -0.25) is 0 Å². The normalized spacial score (nSPS) is 10.3. The van der Waals surface area contributed by atoms with Crippen LogP contribution in [0.2, 0.25) is 5.02 Å². The van der Waals surface area contributed by atoms with Crippen LogP contribution in [-0.2, 0) is 17.6 Å². The van der Waals surface area contributed by atoms with Crippen LogP contribution >= 0.6 is 22.9 Å². The number of hydrogen-bond donors (Lipinski definition) is 0. The van der Waals surface area contributed by atoms with E-state index < -0.39 is 5.97 Å². The van der Waals surface area contributed by atoms with E-state index in [-0.39, 0.29) is 0 Å². The summed E-state index contributed by atoms with van der Waals surface area (Å²) in [5.74, 6) is -0.440. The minimum absolute atomic E-state index is 0.295. The molecule has 0 unspecified atom stereocenters. The smallest absolute Gasteiger partial charge is 0.369 e. The van der Waals surface area contributed by atoms with E-state index in [1.807, 2.05) is 24.3 Å². The number of aryl methyl sites for hydroxylation is 2. The lowest BCUT2D eigenvalue weighted by atomic mass is 10.1. The second kappa shape index (κ2) is 5.93. The summed E-state index contributed by atoms with van der Waals surface area (Å²) in [6.07, 6.45) is 1.59. The van der Waals surface area contributed by atoms with Crippen LogP contribution in [0.3, 0.4) is 0 Å². The van der Waals surface area contributed by atoms with Crippen LogP contribution in [0.15, 0.2) is 24.3 Å². The number of halogens is 1. The topological polar surface area (TPSA) is 52.1 Å². The van der Waals surface area contributed by atoms with Crippen LogP contribution in [0.4, 0.5) is 0 Å². The zero-order valence-corrected chi connectivity index (χ0v) is 11.3. The molecular formula is C12H11ClN2O2S. The van der Waals surface area contributed by atoms with Crippen molar-refractivity contribution in [2.24, 2.45) is 0 Å². The van der Waals surface area contributed by atoms with Crippen molar-refractivity contribution in [1.82, 2.24) is 10.2 Å². The first kappa shape index (κ1) is 13.0. The van der Waals surface area contributed by atoms with E-state index in [0.717, 1.165) is 22.9 Å². The minimum atomic E-state index is -0.440. The van der Waals surface area contributed by atoms with E-state index in [4.69, 9.17) is 11.6 Å². The summed E-state index contributed by atoms with van der Waals surface area (Å²) in [5.41, 5.74) is 1.18. The zero-order valence-electron chi connectivity index (χ0n) is 9.72. The summed E-state index contributed by atoms with van der Waals surface area (Å²) in [6, 6.07) is 7.67. The summed E-state index contributed by atoms with van der Waals surface area (Å²) in [7, 11) is 1.33. The van der Waals surface area contributed by atoms with Gasteiger partial charge in [0.1, 0.15) is 5.01 Å². The second-order valence-electron chi connectivity index (χ2n) is 3.62. The Bertz CT molecular complexity index is 539. The minimum Gasteiger partial charge on any atom is -0.464 e. The fourth-order valence-corrected chi connectivity index (χ4v) is 2.31. The molecule has 0 spiro atoms. The van der Waals surface area contributed by atoms with Crippen molar-refractivity contribution < 1.29 is 9.53 Å². The number of benzene rings is 1. The Kier molecular flexibility index (Phi) is 4.28. The van der Waals surface area contributed by atoms with Gasteiger partial charge < -0.3 is 4.74 Å². The highest BCUT2D eigenvalue weighted by atomic mass is 35.5. The molecule has 1 aromatic heterocycles. The summed E-state index contributed by atoms with van der Waals surface area (Å²) in [6.45, 7) is 0. The largest absolute Gasteiger partial charge is 0.464 e. The Morgan fingerprint density at radius 3 is 2.67 bits per heavy atom. The molecule has 0 fully saturated rings. The number of carbonyl (C=O) groups excluding carboxylic acids is 1. The van der Waals surface area contributed by atoms with E-state index in [1.54, 1.807) is 0 Å². The number of ether oxygens (including phenoxy) is 1. The molecule has 0 aliphatic carbocycles. The second-order valence-corrected chi connectivity index (χ2v) is 5.12. The highest BCUT2D eigenvalue weighted by molar-refractivity contribution is 7.13. The monoisotopic (exact) mass is 282 g/mol. The van der Waals surface area contributed by atoms with Crippen molar-refractivity contribution in [3.63, 3.8) is 0 Å². The lowest BCUT2D eigenvalue weighted by molar-refractivity contribution is 0.0599. The average molecular weight is 283 g/mol. The Morgan fingerprint density at radius 2 is 2.00 bits per heavy atom. The third-order valence-electron chi connectivity index (χ3n) is 2.37. The molecule has 0 bridgehead atoms. The number of hydrogen-bond acceptors (Lipinski definition) is 5. The van der Waals surface area contributed by atoms with Crippen LogP contribution in [0.5, 0.6) is 0 Å². The summed E-state index contributed by atoms with van der Waals surface area (Å²) >= 11 is 7.08. The molecule has 1 heterocycles. The third kappa shape index (κ3) is 3.27. The predicted octanol–water partition coefficient (Wildman–Crippen LogP) is 2.76. The first-order chi connectivity index (χ1) is 8.69. The number of aromatic nitrogens is 2. The van der Waals surface area contributed by atoms with Gasteiger partial charge in [0.2, 0.25) is 5.01 Å². The SMILES string of the molecule is COC(=O)c1nnc(CCc2ccc(Cl)cc2)s1. The van der Waals surface area contributed by atoms with Crippen molar-refractivity contribution in [2.45, 2.75) is 12.8 Å². The van der Waals surface area contributed by atoms with Gasteiger partial charge in [0, 0.05) is 11.4 Å². The Morgan fingerprint density at radius 1 is 1.28 bits per heavy atom. The fourth-order valence-electron chi connectivity index (χ4n) is 1.43. The highest BCUT2D eigenvalue weighted by Crippen LogP contribution is 2.15. The van der Waals surface area contributed by atoms with Gasteiger partial charge in [-0.25, -0.2) is 4.79 Å². The van der Waals surface area contributed by atoms with Crippen LogP contribution in [0.25, 0.3) is 0 Å². The Labute approximate surface area is 114 Å². The summed E-state index contributed by atoms with van der Waals surface area (Å²) < 4.78 is 4.58. The molecule has 2 aromatic rings. The lowest BCUT2D eigenvalue weighted by Gasteiger charge is -1.98. The molecule has 0 saturated carbocycles. The van der Waals surface area contributed by atoms with Gasteiger partial charge in [0.25, 0.3) is 0 Å². The molecule has 0 saturated heterocycles. The number of esters is 1. The quantitative estimate of drug-likeness (QED) is 0.809. The molecule has 0 N–H and O–H groups in total. The predicted molar refractivity (Wildman–Crippen MR) is 70.1 cm³/mol. The van der Waals surface area contributed by atoms with E-state index >= 15 is 0 Å². The Hall–Kier alpha value is -1.46.